The average molecular weight is 311 g/mol. The molecular weight excluding hydrogens is 286 g/mol. The Labute approximate surface area is 138 Å². The number of hydrogen-bond donors (Lipinski definition) is 1. The van der Waals surface area contributed by atoms with Gasteiger partial charge in [-0.15, -0.1) is 0 Å². The van der Waals surface area contributed by atoms with Crippen molar-refractivity contribution >= 4 is 5.91 Å². The molecular formula is C20H25NO2. The average Bonchev–Trinajstić information content (AvgIpc) is 2.54. The number of nitrogens with one attached hydrogen (secondary N) is 1. The van der Waals surface area contributed by atoms with Crippen LogP contribution in [-0.4, -0.2) is 13.0 Å². The molecule has 0 saturated heterocycles. The van der Waals surface area contributed by atoms with Gasteiger partial charge in [0.05, 0.1) is 13.2 Å². The summed E-state index contributed by atoms with van der Waals surface area (Å²) >= 11 is 0. The molecule has 0 aromatic heterocycles. The predicted octanol–water partition coefficient (Wildman–Crippen LogP) is 4.48. The monoisotopic (exact) mass is 311 g/mol. The molecule has 0 bridgehead atoms. The van der Waals surface area contributed by atoms with Gasteiger partial charge in [-0.1, -0.05) is 51.1 Å². The molecule has 3 heteroatoms. The number of amides is 1. The highest BCUT2D eigenvalue weighted by molar-refractivity contribution is 5.94. The molecule has 0 aliphatic heterocycles. The van der Waals surface area contributed by atoms with Crippen molar-refractivity contribution in [1.82, 2.24) is 5.32 Å². The van der Waals surface area contributed by atoms with E-state index in [1.165, 1.54) is 5.56 Å². The number of carbonyl (C=O) groups is 1. The maximum atomic E-state index is 12.4. The van der Waals surface area contributed by atoms with Gasteiger partial charge >= 0.3 is 0 Å². The Hall–Kier alpha value is -2.29. The van der Waals surface area contributed by atoms with Gasteiger partial charge in [-0.2, -0.15) is 0 Å². The molecule has 1 amide bonds. The molecule has 3 nitrogen and oxygen atoms in total. The lowest BCUT2D eigenvalue weighted by Crippen LogP contribution is -2.26. The van der Waals surface area contributed by atoms with Gasteiger partial charge in [0.2, 0.25) is 0 Å². The highest BCUT2D eigenvalue weighted by atomic mass is 16.5. The van der Waals surface area contributed by atoms with E-state index < -0.39 is 0 Å². The van der Waals surface area contributed by atoms with Gasteiger partial charge in [-0.25, -0.2) is 0 Å². The van der Waals surface area contributed by atoms with Crippen LogP contribution in [0.15, 0.2) is 48.5 Å². The fraction of sp³-hybridized carbons (Fsp3) is 0.350. The second-order valence-corrected chi connectivity index (χ2v) is 6.80. The van der Waals surface area contributed by atoms with Crippen LogP contribution in [0.25, 0.3) is 0 Å². The molecule has 2 aromatic rings. The molecule has 2 rings (SSSR count). The summed E-state index contributed by atoms with van der Waals surface area (Å²) in [7, 11) is 1.59. The summed E-state index contributed by atoms with van der Waals surface area (Å²) in [5.41, 5.74) is 3.11. The molecule has 0 spiro atoms. The minimum absolute atomic E-state index is 0.0530. The lowest BCUT2D eigenvalue weighted by molar-refractivity contribution is 0.0939. The first-order chi connectivity index (χ1) is 10.8. The Morgan fingerprint density at radius 2 is 1.74 bits per heavy atom. The molecule has 0 heterocycles. The van der Waals surface area contributed by atoms with Crippen molar-refractivity contribution in [2.75, 3.05) is 7.11 Å². The zero-order valence-electron chi connectivity index (χ0n) is 14.5. The molecule has 122 valence electrons. The van der Waals surface area contributed by atoms with Gasteiger partial charge in [0, 0.05) is 5.56 Å². The van der Waals surface area contributed by atoms with E-state index in [-0.39, 0.29) is 17.4 Å². The van der Waals surface area contributed by atoms with E-state index in [9.17, 15) is 4.79 Å². The summed E-state index contributed by atoms with van der Waals surface area (Å²) in [5, 5.41) is 3.03. The summed E-state index contributed by atoms with van der Waals surface area (Å²) in [5.74, 6) is 0.580. The first-order valence-corrected chi connectivity index (χ1v) is 7.86. The summed E-state index contributed by atoms with van der Waals surface area (Å²) in [6.45, 7) is 8.56. The molecule has 23 heavy (non-hydrogen) atoms. The zero-order valence-corrected chi connectivity index (χ0v) is 14.5. The van der Waals surface area contributed by atoms with Crippen LogP contribution in [0, 0.1) is 0 Å². The zero-order chi connectivity index (χ0) is 17.0. The quantitative estimate of drug-likeness (QED) is 0.904. The minimum Gasteiger partial charge on any atom is -0.497 e. The third kappa shape index (κ3) is 4.35. The smallest absolute Gasteiger partial charge is 0.251 e. The molecule has 0 unspecified atom stereocenters. The minimum atomic E-state index is -0.101. The summed E-state index contributed by atoms with van der Waals surface area (Å²) < 4.78 is 5.16. The number of ether oxygens (including phenoxy) is 1. The van der Waals surface area contributed by atoms with Crippen LogP contribution in [0.4, 0.5) is 0 Å². The highest BCUT2D eigenvalue weighted by Gasteiger charge is 2.15. The SMILES string of the molecule is COc1cccc(C(=O)N[C@@H](C)c2ccc(C(C)(C)C)cc2)c1. The topological polar surface area (TPSA) is 38.3 Å². The van der Waals surface area contributed by atoms with Crippen LogP contribution in [0.1, 0.15) is 55.2 Å². The van der Waals surface area contributed by atoms with Crippen LogP contribution in [0.5, 0.6) is 5.75 Å². The second kappa shape index (κ2) is 6.86. The van der Waals surface area contributed by atoms with E-state index in [0.717, 1.165) is 5.56 Å². The molecule has 0 radical (unpaired) electrons. The Morgan fingerprint density at radius 3 is 2.30 bits per heavy atom. The van der Waals surface area contributed by atoms with Crippen molar-refractivity contribution in [2.24, 2.45) is 0 Å². The fourth-order valence-electron chi connectivity index (χ4n) is 2.40. The number of benzene rings is 2. The molecule has 1 N–H and O–H groups in total. The number of carbonyl (C=O) groups excluding carboxylic acids is 1. The first kappa shape index (κ1) is 17.1. The van der Waals surface area contributed by atoms with Gasteiger partial charge in [-0.05, 0) is 41.7 Å². The van der Waals surface area contributed by atoms with E-state index in [0.29, 0.717) is 11.3 Å². The third-order valence-electron chi connectivity index (χ3n) is 3.96. The van der Waals surface area contributed by atoms with Crippen molar-refractivity contribution in [3.63, 3.8) is 0 Å². The fourth-order valence-corrected chi connectivity index (χ4v) is 2.40. The Kier molecular flexibility index (Phi) is 5.09. The van der Waals surface area contributed by atoms with Crippen LogP contribution < -0.4 is 10.1 Å². The van der Waals surface area contributed by atoms with Crippen LogP contribution >= 0.6 is 0 Å². The van der Waals surface area contributed by atoms with Crippen LogP contribution in [0.3, 0.4) is 0 Å². The van der Waals surface area contributed by atoms with Crippen molar-refractivity contribution in [3.05, 3.63) is 65.2 Å². The first-order valence-electron chi connectivity index (χ1n) is 7.86. The second-order valence-electron chi connectivity index (χ2n) is 6.80. The van der Waals surface area contributed by atoms with Crippen molar-refractivity contribution in [3.8, 4) is 5.75 Å². The summed E-state index contributed by atoms with van der Waals surface area (Å²) in [6, 6.07) is 15.5. The maximum Gasteiger partial charge on any atom is 0.251 e. The van der Waals surface area contributed by atoms with Gasteiger partial charge < -0.3 is 10.1 Å². The standard InChI is InChI=1S/C20H25NO2/c1-14(15-9-11-17(12-10-15)20(2,3)4)21-19(22)16-7-6-8-18(13-16)23-5/h6-14H,1-5H3,(H,21,22)/t14-/m0/s1. The number of rotatable bonds is 4. The van der Waals surface area contributed by atoms with E-state index in [1.807, 2.05) is 19.1 Å². The van der Waals surface area contributed by atoms with Gasteiger partial charge in [0.25, 0.3) is 5.91 Å². The number of hydrogen-bond acceptors (Lipinski definition) is 2. The molecule has 0 fully saturated rings. The van der Waals surface area contributed by atoms with Crippen molar-refractivity contribution < 1.29 is 9.53 Å². The van der Waals surface area contributed by atoms with E-state index in [2.05, 4.69) is 50.4 Å². The predicted molar refractivity (Wildman–Crippen MR) is 94.0 cm³/mol. The van der Waals surface area contributed by atoms with E-state index in [4.69, 9.17) is 4.74 Å². The molecule has 0 saturated carbocycles. The Bertz CT molecular complexity index is 669. The van der Waals surface area contributed by atoms with E-state index >= 15 is 0 Å². The molecule has 1 atom stereocenters. The molecule has 2 aromatic carbocycles. The van der Waals surface area contributed by atoms with Crippen LogP contribution in [-0.2, 0) is 5.41 Å². The maximum absolute atomic E-state index is 12.4. The largest absolute Gasteiger partial charge is 0.497 e. The van der Waals surface area contributed by atoms with Gasteiger partial charge in [0.1, 0.15) is 5.75 Å². The third-order valence-corrected chi connectivity index (χ3v) is 3.96. The summed E-state index contributed by atoms with van der Waals surface area (Å²) in [6.07, 6.45) is 0. The Morgan fingerprint density at radius 1 is 1.09 bits per heavy atom. The van der Waals surface area contributed by atoms with E-state index in [1.54, 1.807) is 19.2 Å². The molecule has 0 aliphatic rings. The van der Waals surface area contributed by atoms with Crippen molar-refractivity contribution in [1.29, 1.82) is 0 Å². The lowest BCUT2D eigenvalue weighted by atomic mass is 9.86. The molecule has 0 aliphatic carbocycles. The van der Waals surface area contributed by atoms with Gasteiger partial charge in [-0.3, -0.25) is 4.79 Å². The van der Waals surface area contributed by atoms with Crippen molar-refractivity contribution in [2.45, 2.75) is 39.2 Å². The van der Waals surface area contributed by atoms with Gasteiger partial charge in [0.15, 0.2) is 0 Å². The highest BCUT2D eigenvalue weighted by Crippen LogP contribution is 2.24. The number of methoxy groups -OCH3 is 1. The van der Waals surface area contributed by atoms with Crippen LogP contribution in [0.2, 0.25) is 0 Å². The lowest BCUT2D eigenvalue weighted by Gasteiger charge is -2.20. The summed E-state index contributed by atoms with van der Waals surface area (Å²) in [4.78, 5) is 12.4. The normalized spacial score (nSPS) is 12.6. The Balaban J connectivity index is 2.09.